The molecule has 44 heavy (non-hydrogen) atoms. The van der Waals surface area contributed by atoms with Gasteiger partial charge >= 0.3 is 0 Å². The van der Waals surface area contributed by atoms with Crippen LogP contribution in [-0.2, 0) is 9.84 Å². The van der Waals surface area contributed by atoms with E-state index in [0.717, 1.165) is 22.5 Å². The van der Waals surface area contributed by atoms with Crippen molar-refractivity contribution < 1.29 is 28.1 Å². The molecule has 0 unspecified atom stereocenters. The second kappa shape index (κ2) is 12.2. The van der Waals surface area contributed by atoms with Gasteiger partial charge in [-0.05, 0) is 132 Å². The van der Waals surface area contributed by atoms with E-state index in [4.69, 9.17) is 9.47 Å². The number of hydrogen-bond donors (Lipinski definition) is 3. The Labute approximate surface area is 255 Å². The van der Waals surface area contributed by atoms with E-state index in [1.165, 1.54) is 24.3 Å². The van der Waals surface area contributed by atoms with Crippen molar-refractivity contribution in [3.05, 3.63) is 146 Å². The monoisotopic (exact) mass is 601 g/mol. The molecule has 0 saturated heterocycles. The number of phenols is 2. The lowest BCUT2D eigenvalue weighted by molar-refractivity contribution is 0.475. The Bertz CT molecular complexity index is 1960. The summed E-state index contributed by atoms with van der Waals surface area (Å²) in [6, 6.07) is 41.1. The van der Waals surface area contributed by atoms with Gasteiger partial charge in [0.15, 0.2) is 0 Å². The number of sulfone groups is 1. The molecule has 0 radical (unpaired) electrons. The lowest BCUT2D eigenvalue weighted by Gasteiger charge is -2.10. The van der Waals surface area contributed by atoms with Crippen molar-refractivity contribution >= 4 is 21.2 Å². The van der Waals surface area contributed by atoms with Gasteiger partial charge in [-0.3, -0.25) is 0 Å². The molecular weight excluding hydrogens is 574 g/mol. The molecule has 0 aromatic heterocycles. The second-order valence-corrected chi connectivity index (χ2v) is 11.9. The number of ether oxygens (including phenoxy) is 2. The van der Waals surface area contributed by atoms with Crippen LogP contribution in [0.5, 0.6) is 34.5 Å². The summed E-state index contributed by atoms with van der Waals surface area (Å²) in [4.78, 5) is 0.301. The number of phenolic OH excluding ortho intramolecular Hbond substituents is 2. The average Bonchev–Trinajstić information content (AvgIpc) is 3.04. The van der Waals surface area contributed by atoms with Crippen LogP contribution in [0.15, 0.2) is 155 Å². The normalized spacial score (nSPS) is 11.1. The quantitative estimate of drug-likeness (QED) is 0.142. The van der Waals surface area contributed by atoms with Gasteiger partial charge in [-0.1, -0.05) is 24.3 Å². The molecule has 6 rings (SSSR count). The Morgan fingerprint density at radius 2 is 0.705 bits per heavy atom. The third-order valence-electron chi connectivity index (χ3n) is 6.80. The van der Waals surface area contributed by atoms with Crippen molar-refractivity contribution in [3.8, 4) is 45.6 Å². The summed E-state index contributed by atoms with van der Waals surface area (Å²) < 4.78 is 38.3. The van der Waals surface area contributed by atoms with Gasteiger partial charge in [0.25, 0.3) is 0 Å². The Hall–Kier alpha value is -5.73. The van der Waals surface area contributed by atoms with Crippen molar-refractivity contribution in [3.63, 3.8) is 0 Å². The number of rotatable bonds is 9. The first-order valence-corrected chi connectivity index (χ1v) is 15.2. The van der Waals surface area contributed by atoms with Gasteiger partial charge in [-0.2, -0.15) is 0 Å². The molecule has 8 heteroatoms. The number of nitrogens with one attached hydrogen (secondary N) is 1. The van der Waals surface area contributed by atoms with Crippen molar-refractivity contribution in [1.29, 1.82) is 0 Å². The van der Waals surface area contributed by atoms with Gasteiger partial charge in [0.2, 0.25) is 9.84 Å². The molecule has 0 bridgehead atoms. The predicted molar refractivity (Wildman–Crippen MR) is 170 cm³/mol. The fourth-order valence-corrected chi connectivity index (χ4v) is 5.73. The Balaban J connectivity index is 1.07. The minimum absolute atomic E-state index is 0.150. The minimum Gasteiger partial charge on any atom is -0.508 e. The van der Waals surface area contributed by atoms with Crippen LogP contribution in [0.1, 0.15) is 0 Å². The molecule has 0 heterocycles. The third-order valence-corrected chi connectivity index (χ3v) is 8.59. The summed E-state index contributed by atoms with van der Waals surface area (Å²) in [5, 5.41) is 22.1. The van der Waals surface area contributed by atoms with Crippen LogP contribution < -0.4 is 14.8 Å². The predicted octanol–water partition coefficient (Wildman–Crippen LogP) is 8.93. The molecule has 6 aromatic rings. The van der Waals surface area contributed by atoms with E-state index in [0.29, 0.717) is 23.0 Å². The van der Waals surface area contributed by atoms with Crippen molar-refractivity contribution in [2.75, 3.05) is 5.32 Å². The average molecular weight is 602 g/mol. The molecule has 0 saturated carbocycles. The minimum atomic E-state index is -3.75. The molecule has 3 N–H and O–H groups in total. The molecule has 0 amide bonds. The van der Waals surface area contributed by atoms with Gasteiger partial charge in [0.05, 0.1) is 9.79 Å². The number of anilines is 2. The zero-order valence-electron chi connectivity index (χ0n) is 23.3. The first-order chi connectivity index (χ1) is 21.3. The molecule has 0 atom stereocenters. The summed E-state index contributed by atoms with van der Waals surface area (Å²) in [6.45, 7) is 0. The molecular formula is C36H27NO6S. The molecule has 0 aliphatic heterocycles. The maximum absolute atomic E-state index is 13.3. The number of benzene rings is 6. The Morgan fingerprint density at radius 1 is 0.409 bits per heavy atom. The van der Waals surface area contributed by atoms with Crippen LogP contribution in [0.3, 0.4) is 0 Å². The number of aromatic hydroxyl groups is 2. The SMILES string of the molecule is O=S(=O)(c1ccc(Oc2ccc(Nc3ccc(O)cc3)cc2)cc1)c1ccc(Oc2ccc(-c3ccc(O)cc3)cc2)cc1. The van der Waals surface area contributed by atoms with Crippen LogP contribution in [0.2, 0.25) is 0 Å². The maximum atomic E-state index is 13.3. The van der Waals surface area contributed by atoms with E-state index in [-0.39, 0.29) is 21.3 Å². The molecule has 218 valence electrons. The first kappa shape index (κ1) is 28.4. The van der Waals surface area contributed by atoms with E-state index < -0.39 is 9.84 Å². The van der Waals surface area contributed by atoms with E-state index in [1.807, 2.05) is 48.5 Å². The van der Waals surface area contributed by atoms with E-state index in [2.05, 4.69) is 5.32 Å². The number of hydrogen-bond acceptors (Lipinski definition) is 7. The van der Waals surface area contributed by atoms with Gasteiger partial charge in [-0.25, -0.2) is 8.42 Å². The molecule has 0 fully saturated rings. The molecule has 6 aromatic carbocycles. The van der Waals surface area contributed by atoms with E-state index >= 15 is 0 Å². The highest BCUT2D eigenvalue weighted by molar-refractivity contribution is 7.91. The summed E-state index contributed by atoms with van der Waals surface area (Å²) in [5.41, 5.74) is 3.64. The zero-order chi connectivity index (χ0) is 30.5. The lowest BCUT2D eigenvalue weighted by atomic mass is 10.1. The zero-order valence-corrected chi connectivity index (χ0v) is 24.1. The standard InChI is InChI=1S/C36H27NO6S/c38-29-9-1-25(2-10-29)26-3-13-31(14-4-26)42-33-17-21-35(22-18-33)44(40,41)36-23-19-34(20-24-36)43-32-15-7-28(8-16-32)37-27-5-11-30(39)12-6-27/h1-24,37-39H. The van der Waals surface area contributed by atoms with Crippen molar-refractivity contribution in [1.82, 2.24) is 0 Å². The molecule has 7 nitrogen and oxygen atoms in total. The van der Waals surface area contributed by atoms with E-state index in [1.54, 1.807) is 72.8 Å². The largest absolute Gasteiger partial charge is 0.508 e. The summed E-state index contributed by atoms with van der Waals surface area (Å²) in [7, 11) is -3.75. The van der Waals surface area contributed by atoms with Gasteiger partial charge < -0.3 is 25.0 Å². The van der Waals surface area contributed by atoms with Crippen LogP contribution in [0, 0.1) is 0 Å². The van der Waals surface area contributed by atoms with Gasteiger partial charge in [0.1, 0.15) is 34.5 Å². The van der Waals surface area contributed by atoms with Crippen molar-refractivity contribution in [2.45, 2.75) is 9.79 Å². The van der Waals surface area contributed by atoms with Crippen molar-refractivity contribution in [2.24, 2.45) is 0 Å². The highest BCUT2D eigenvalue weighted by Crippen LogP contribution is 2.31. The Kier molecular flexibility index (Phi) is 7.90. The maximum Gasteiger partial charge on any atom is 0.206 e. The van der Waals surface area contributed by atoms with Crippen LogP contribution >= 0.6 is 0 Å². The smallest absolute Gasteiger partial charge is 0.206 e. The van der Waals surface area contributed by atoms with E-state index in [9.17, 15) is 18.6 Å². The molecule has 0 aliphatic carbocycles. The summed E-state index contributed by atoms with van der Waals surface area (Å²) in [6.07, 6.45) is 0. The highest BCUT2D eigenvalue weighted by Gasteiger charge is 2.18. The van der Waals surface area contributed by atoms with Crippen LogP contribution in [0.25, 0.3) is 11.1 Å². The van der Waals surface area contributed by atoms with Gasteiger partial charge in [0, 0.05) is 11.4 Å². The first-order valence-electron chi connectivity index (χ1n) is 13.7. The fourth-order valence-electron chi connectivity index (χ4n) is 4.47. The topological polar surface area (TPSA) is 105 Å². The molecule has 0 aliphatic rings. The molecule has 0 spiro atoms. The second-order valence-electron chi connectivity index (χ2n) is 9.92. The Morgan fingerprint density at radius 3 is 1.11 bits per heavy atom. The van der Waals surface area contributed by atoms with Gasteiger partial charge in [-0.15, -0.1) is 0 Å². The lowest BCUT2D eigenvalue weighted by Crippen LogP contribution is -2.01. The van der Waals surface area contributed by atoms with Crippen LogP contribution in [-0.4, -0.2) is 18.6 Å². The third kappa shape index (κ3) is 6.67. The van der Waals surface area contributed by atoms with Crippen LogP contribution in [0.4, 0.5) is 11.4 Å². The highest BCUT2D eigenvalue weighted by atomic mass is 32.2. The summed E-state index contributed by atoms with van der Waals surface area (Å²) in [5.74, 6) is 2.64. The summed E-state index contributed by atoms with van der Waals surface area (Å²) >= 11 is 0. The fraction of sp³-hybridized carbons (Fsp3) is 0.